The van der Waals surface area contributed by atoms with Crippen LogP contribution in [0.4, 0.5) is 0 Å². The highest BCUT2D eigenvalue weighted by Crippen LogP contribution is 2.31. The second-order valence-corrected chi connectivity index (χ2v) is 6.91. The zero-order valence-electron chi connectivity index (χ0n) is 14.4. The van der Waals surface area contributed by atoms with Crippen LogP contribution in [0.3, 0.4) is 0 Å². The predicted octanol–water partition coefficient (Wildman–Crippen LogP) is 1.74. The summed E-state index contributed by atoms with van der Waals surface area (Å²) in [4.78, 5) is 14.3. The molecule has 2 aliphatic heterocycles. The number of aromatic nitrogens is 2. The van der Waals surface area contributed by atoms with E-state index in [1.807, 2.05) is 23.0 Å². The molecule has 132 valence electrons. The van der Waals surface area contributed by atoms with Gasteiger partial charge in [-0.1, -0.05) is 18.2 Å². The molecule has 6 heteroatoms. The van der Waals surface area contributed by atoms with Crippen molar-refractivity contribution < 1.29 is 9.53 Å². The predicted molar refractivity (Wildman–Crippen MR) is 94.4 cm³/mol. The summed E-state index contributed by atoms with van der Waals surface area (Å²) in [6.45, 7) is 4.02. The summed E-state index contributed by atoms with van der Waals surface area (Å²) in [6, 6.07) is 10.3. The molecule has 4 rings (SSSR count). The van der Waals surface area contributed by atoms with Crippen LogP contribution in [0.1, 0.15) is 24.8 Å². The molecular weight excluding hydrogens is 316 g/mol. The Morgan fingerprint density at radius 3 is 2.84 bits per heavy atom. The van der Waals surface area contributed by atoms with E-state index in [1.165, 1.54) is 5.56 Å². The van der Waals surface area contributed by atoms with E-state index in [1.54, 1.807) is 6.20 Å². The molecule has 1 N–H and O–H groups in total. The van der Waals surface area contributed by atoms with Gasteiger partial charge in [0.05, 0.1) is 24.3 Å². The first-order valence-electron chi connectivity index (χ1n) is 8.95. The van der Waals surface area contributed by atoms with E-state index >= 15 is 0 Å². The van der Waals surface area contributed by atoms with Crippen LogP contribution < -0.4 is 5.32 Å². The van der Waals surface area contributed by atoms with Crippen LogP contribution in [0, 0.1) is 0 Å². The number of likely N-dealkylation sites (tertiary alicyclic amines) is 1. The molecule has 25 heavy (non-hydrogen) atoms. The number of ether oxygens (including phenoxy) is 1. The molecule has 3 heterocycles. The van der Waals surface area contributed by atoms with E-state index in [0.29, 0.717) is 19.6 Å². The fourth-order valence-corrected chi connectivity index (χ4v) is 3.82. The quantitative estimate of drug-likeness (QED) is 0.925. The molecule has 6 nitrogen and oxygen atoms in total. The number of benzene rings is 1. The summed E-state index contributed by atoms with van der Waals surface area (Å²) in [5, 5.41) is 7.26. The normalized spacial score (nSPS) is 21.0. The fraction of sp³-hybridized carbons (Fsp3) is 0.474. The van der Waals surface area contributed by atoms with Gasteiger partial charge in [0.25, 0.3) is 0 Å². The van der Waals surface area contributed by atoms with E-state index in [4.69, 9.17) is 4.74 Å². The van der Waals surface area contributed by atoms with E-state index in [2.05, 4.69) is 33.5 Å². The first-order valence-corrected chi connectivity index (χ1v) is 8.95. The van der Waals surface area contributed by atoms with Crippen molar-refractivity contribution in [2.45, 2.75) is 31.4 Å². The molecule has 2 aliphatic rings. The minimum absolute atomic E-state index is 0.120. The summed E-state index contributed by atoms with van der Waals surface area (Å²) < 4.78 is 7.98. The molecule has 0 saturated carbocycles. The number of hydrogen-bond donors (Lipinski definition) is 1. The lowest BCUT2D eigenvalue weighted by atomic mass is 9.87. The first kappa shape index (κ1) is 16.3. The molecule has 1 aromatic carbocycles. The summed E-state index contributed by atoms with van der Waals surface area (Å²) in [5.74, 6) is 0.120. The van der Waals surface area contributed by atoms with Crippen molar-refractivity contribution in [1.29, 1.82) is 0 Å². The van der Waals surface area contributed by atoms with Crippen LogP contribution in [0.2, 0.25) is 0 Å². The van der Waals surface area contributed by atoms with Crippen molar-refractivity contribution >= 4 is 5.91 Å². The van der Waals surface area contributed by atoms with Gasteiger partial charge < -0.3 is 10.1 Å². The second-order valence-electron chi connectivity index (χ2n) is 6.91. The highest BCUT2D eigenvalue weighted by atomic mass is 16.5. The van der Waals surface area contributed by atoms with Crippen LogP contribution in [0.15, 0.2) is 42.7 Å². The van der Waals surface area contributed by atoms with Crippen LogP contribution in [-0.2, 0) is 16.1 Å². The molecule has 2 fully saturated rings. The number of para-hydroxylation sites is 1. The van der Waals surface area contributed by atoms with Gasteiger partial charge in [-0.05, 0) is 30.5 Å². The average molecular weight is 340 g/mol. The van der Waals surface area contributed by atoms with Gasteiger partial charge in [-0.2, -0.15) is 5.10 Å². The minimum Gasteiger partial charge on any atom is -0.373 e. The third kappa shape index (κ3) is 3.60. The zero-order chi connectivity index (χ0) is 17.1. The van der Waals surface area contributed by atoms with Gasteiger partial charge in [-0.15, -0.1) is 0 Å². The standard InChI is InChI=1S/C19H24N4O2/c24-18-14-19(25-13-9-20-18)6-11-22(12-7-19)15-16-4-1-2-5-17(16)23-10-3-8-21-23/h1-5,8,10H,6-7,9,11-15H2,(H,20,24). The molecule has 0 bridgehead atoms. The minimum atomic E-state index is -0.265. The molecule has 0 aliphatic carbocycles. The summed E-state index contributed by atoms with van der Waals surface area (Å²) in [5.41, 5.74) is 2.12. The Kier molecular flexibility index (Phi) is 4.55. The summed E-state index contributed by atoms with van der Waals surface area (Å²) in [7, 11) is 0. The number of nitrogens with zero attached hydrogens (tertiary/aromatic N) is 3. The molecule has 2 saturated heterocycles. The van der Waals surface area contributed by atoms with E-state index in [-0.39, 0.29) is 11.5 Å². The number of carbonyl (C=O) groups is 1. The van der Waals surface area contributed by atoms with Crippen molar-refractivity contribution in [3.05, 3.63) is 48.3 Å². The Hall–Kier alpha value is -2.18. The molecule has 1 aromatic heterocycles. The molecule has 0 unspecified atom stereocenters. The monoisotopic (exact) mass is 340 g/mol. The van der Waals surface area contributed by atoms with Gasteiger partial charge in [-0.25, -0.2) is 4.68 Å². The smallest absolute Gasteiger partial charge is 0.222 e. The summed E-state index contributed by atoms with van der Waals surface area (Å²) >= 11 is 0. The molecule has 1 spiro atoms. The third-order valence-corrected chi connectivity index (χ3v) is 5.22. The van der Waals surface area contributed by atoms with Crippen LogP contribution in [-0.4, -0.2) is 52.4 Å². The maximum absolute atomic E-state index is 11.9. The number of nitrogens with one attached hydrogen (secondary N) is 1. The number of amides is 1. The van der Waals surface area contributed by atoms with Gasteiger partial charge in [0.15, 0.2) is 0 Å². The van der Waals surface area contributed by atoms with E-state index in [9.17, 15) is 4.79 Å². The van der Waals surface area contributed by atoms with E-state index < -0.39 is 0 Å². The van der Waals surface area contributed by atoms with Gasteiger partial charge in [0.1, 0.15) is 0 Å². The number of piperidine rings is 1. The lowest BCUT2D eigenvalue weighted by Crippen LogP contribution is -2.46. The van der Waals surface area contributed by atoms with Gasteiger partial charge >= 0.3 is 0 Å². The van der Waals surface area contributed by atoms with Crippen molar-refractivity contribution in [2.24, 2.45) is 0 Å². The SMILES string of the molecule is O=C1CC2(CCN(Cc3ccccc3-n3cccn3)CC2)OCCN1. The Bertz CT molecular complexity index is 721. The highest BCUT2D eigenvalue weighted by molar-refractivity contribution is 5.77. The molecule has 1 amide bonds. The van der Waals surface area contributed by atoms with Crippen LogP contribution >= 0.6 is 0 Å². The Morgan fingerprint density at radius 2 is 2.04 bits per heavy atom. The molecular formula is C19H24N4O2. The van der Waals surface area contributed by atoms with Crippen molar-refractivity contribution in [3.63, 3.8) is 0 Å². The van der Waals surface area contributed by atoms with Gasteiger partial charge in [0, 0.05) is 38.6 Å². The molecule has 0 atom stereocenters. The molecule has 2 aromatic rings. The summed E-state index contributed by atoms with van der Waals surface area (Å²) in [6.07, 6.45) is 6.08. The van der Waals surface area contributed by atoms with Crippen molar-refractivity contribution in [3.8, 4) is 5.69 Å². The maximum Gasteiger partial charge on any atom is 0.222 e. The second kappa shape index (κ2) is 6.98. The van der Waals surface area contributed by atoms with Crippen LogP contribution in [0.5, 0.6) is 0 Å². The Labute approximate surface area is 147 Å². The Balaban J connectivity index is 1.43. The number of rotatable bonds is 3. The van der Waals surface area contributed by atoms with Crippen LogP contribution in [0.25, 0.3) is 5.69 Å². The van der Waals surface area contributed by atoms with Crippen molar-refractivity contribution in [2.75, 3.05) is 26.2 Å². The number of hydrogen-bond acceptors (Lipinski definition) is 4. The number of carbonyl (C=O) groups excluding carboxylic acids is 1. The third-order valence-electron chi connectivity index (χ3n) is 5.22. The van der Waals surface area contributed by atoms with E-state index in [0.717, 1.165) is 38.2 Å². The molecule has 0 radical (unpaired) electrons. The first-order chi connectivity index (χ1) is 12.2. The van der Waals surface area contributed by atoms with Gasteiger partial charge in [0.2, 0.25) is 5.91 Å². The lowest BCUT2D eigenvalue weighted by Gasteiger charge is -2.40. The Morgan fingerprint density at radius 1 is 1.20 bits per heavy atom. The average Bonchev–Trinajstić information content (AvgIpc) is 3.10. The maximum atomic E-state index is 11.9. The topological polar surface area (TPSA) is 59.4 Å². The van der Waals surface area contributed by atoms with Gasteiger partial charge in [-0.3, -0.25) is 9.69 Å². The van der Waals surface area contributed by atoms with Crippen molar-refractivity contribution in [1.82, 2.24) is 20.0 Å². The highest BCUT2D eigenvalue weighted by Gasteiger charge is 2.38. The largest absolute Gasteiger partial charge is 0.373 e. The fourth-order valence-electron chi connectivity index (χ4n) is 3.82. The lowest BCUT2D eigenvalue weighted by molar-refractivity contribution is -0.128. The zero-order valence-corrected chi connectivity index (χ0v) is 14.4.